The Morgan fingerprint density at radius 1 is 1.19 bits per heavy atom. The van der Waals surface area contributed by atoms with E-state index in [1.807, 2.05) is 0 Å². The van der Waals surface area contributed by atoms with Gasteiger partial charge in [-0.15, -0.1) is 0 Å². The molecule has 0 bridgehead atoms. The summed E-state index contributed by atoms with van der Waals surface area (Å²) in [5, 5.41) is 3.30. The number of likely N-dealkylation sites (tertiary alicyclic amines) is 1. The van der Waals surface area contributed by atoms with Crippen molar-refractivity contribution in [3.8, 4) is 0 Å². The first-order valence-electron chi connectivity index (χ1n) is 9.64. The van der Waals surface area contributed by atoms with Crippen LogP contribution in [0.5, 0.6) is 0 Å². The minimum Gasteiger partial charge on any atom is -0.342 e. The van der Waals surface area contributed by atoms with Gasteiger partial charge in [0.2, 0.25) is 11.8 Å². The van der Waals surface area contributed by atoms with Crippen LogP contribution in [-0.4, -0.2) is 67.1 Å². The molecule has 0 aromatic rings. The molecule has 150 valence electrons. The van der Waals surface area contributed by atoms with Crippen molar-refractivity contribution in [1.82, 2.24) is 15.1 Å². The van der Waals surface area contributed by atoms with Crippen LogP contribution in [0.1, 0.15) is 45.4 Å². The number of alkyl halides is 3. The molecule has 0 aromatic carbocycles. The third kappa shape index (κ3) is 6.45. The molecular formula is C18H30F3N3O2. The second-order valence-electron chi connectivity index (χ2n) is 7.38. The lowest BCUT2D eigenvalue weighted by molar-refractivity contribution is -0.164. The second kappa shape index (κ2) is 9.58. The van der Waals surface area contributed by atoms with E-state index in [2.05, 4.69) is 5.32 Å². The van der Waals surface area contributed by atoms with Gasteiger partial charge >= 0.3 is 6.18 Å². The van der Waals surface area contributed by atoms with Crippen molar-refractivity contribution in [3.63, 3.8) is 0 Å². The Bertz CT molecular complexity index is 479. The molecule has 26 heavy (non-hydrogen) atoms. The molecule has 8 heteroatoms. The standard InChI is InChI=1S/C18H30F3N3O2/c1-2-23(13-18(19,20)21)17(26)15-4-3-11-24(12-15)16(25)6-5-14-7-9-22-10-8-14/h14-15,22H,2-13H2,1H3. The first-order chi connectivity index (χ1) is 12.3. The van der Waals surface area contributed by atoms with Gasteiger partial charge in [0.05, 0.1) is 5.92 Å². The van der Waals surface area contributed by atoms with Crippen LogP contribution in [0.25, 0.3) is 0 Å². The minimum absolute atomic E-state index is 0.0263. The van der Waals surface area contributed by atoms with E-state index in [0.29, 0.717) is 31.7 Å². The van der Waals surface area contributed by atoms with Gasteiger partial charge in [-0.1, -0.05) is 0 Å². The van der Waals surface area contributed by atoms with Gasteiger partial charge in [-0.05, 0) is 58.0 Å². The predicted molar refractivity (Wildman–Crippen MR) is 92.4 cm³/mol. The van der Waals surface area contributed by atoms with Gasteiger partial charge in [0.25, 0.3) is 0 Å². The molecule has 2 rings (SSSR count). The largest absolute Gasteiger partial charge is 0.406 e. The SMILES string of the molecule is CCN(CC(F)(F)F)C(=O)C1CCCN(C(=O)CCC2CCNCC2)C1. The van der Waals surface area contributed by atoms with Gasteiger partial charge in [0.15, 0.2) is 0 Å². The Morgan fingerprint density at radius 3 is 2.50 bits per heavy atom. The van der Waals surface area contributed by atoms with E-state index in [0.717, 1.165) is 37.3 Å². The highest BCUT2D eigenvalue weighted by atomic mass is 19.4. The van der Waals surface area contributed by atoms with Crippen LogP contribution in [0.2, 0.25) is 0 Å². The van der Waals surface area contributed by atoms with Crippen molar-refractivity contribution in [2.24, 2.45) is 11.8 Å². The number of carbonyl (C=O) groups excluding carboxylic acids is 2. The average Bonchev–Trinajstić information content (AvgIpc) is 2.63. The molecule has 0 aliphatic carbocycles. The molecule has 2 fully saturated rings. The van der Waals surface area contributed by atoms with Crippen LogP contribution < -0.4 is 5.32 Å². The maximum absolute atomic E-state index is 12.6. The summed E-state index contributed by atoms with van der Waals surface area (Å²) >= 11 is 0. The first kappa shape index (κ1) is 21.0. The lowest BCUT2D eigenvalue weighted by Gasteiger charge is -2.35. The highest BCUT2D eigenvalue weighted by Crippen LogP contribution is 2.24. The lowest BCUT2D eigenvalue weighted by Crippen LogP contribution is -2.48. The fraction of sp³-hybridized carbons (Fsp3) is 0.889. The van der Waals surface area contributed by atoms with Crippen LogP contribution in [-0.2, 0) is 9.59 Å². The summed E-state index contributed by atoms with van der Waals surface area (Å²) in [4.78, 5) is 27.5. The summed E-state index contributed by atoms with van der Waals surface area (Å²) in [6.45, 7) is 3.18. The van der Waals surface area contributed by atoms with E-state index in [1.165, 1.54) is 0 Å². The zero-order valence-electron chi connectivity index (χ0n) is 15.5. The van der Waals surface area contributed by atoms with E-state index in [4.69, 9.17) is 0 Å². The molecule has 2 heterocycles. The predicted octanol–water partition coefficient (Wildman–Crippen LogP) is 2.42. The van der Waals surface area contributed by atoms with Crippen LogP contribution in [0.15, 0.2) is 0 Å². The number of rotatable bonds is 6. The summed E-state index contributed by atoms with van der Waals surface area (Å²) in [5.41, 5.74) is 0. The fourth-order valence-corrected chi connectivity index (χ4v) is 3.88. The fourth-order valence-electron chi connectivity index (χ4n) is 3.88. The van der Waals surface area contributed by atoms with Gasteiger partial charge in [0.1, 0.15) is 6.54 Å². The molecule has 0 spiro atoms. The first-order valence-corrected chi connectivity index (χ1v) is 9.64. The second-order valence-corrected chi connectivity index (χ2v) is 7.38. The van der Waals surface area contributed by atoms with Crippen LogP contribution in [0, 0.1) is 11.8 Å². The Kier molecular flexibility index (Phi) is 7.73. The molecule has 2 aliphatic rings. The van der Waals surface area contributed by atoms with Crippen LogP contribution in [0.4, 0.5) is 13.2 Å². The van der Waals surface area contributed by atoms with E-state index in [9.17, 15) is 22.8 Å². The number of halogens is 3. The molecule has 1 atom stereocenters. The van der Waals surface area contributed by atoms with Crippen molar-refractivity contribution in [3.05, 3.63) is 0 Å². The number of hydrogen-bond acceptors (Lipinski definition) is 3. The summed E-state index contributed by atoms with van der Waals surface area (Å²) in [7, 11) is 0. The van der Waals surface area contributed by atoms with Crippen molar-refractivity contribution in [2.45, 2.75) is 51.6 Å². The Morgan fingerprint density at radius 2 is 1.88 bits per heavy atom. The zero-order chi connectivity index (χ0) is 19.2. The molecule has 0 aromatic heterocycles. The Labute approximate surface area is 153 Å². The molecular weight excluding hydrogens is 347 g/mol. The minimum atomic E-state index is -4.40. The van der Waals surface area contributed by atoms with Crippen molar-refractivity contribution < 1.29 is 22.8 Å². The van der Waals surface area contributed by atoms with E-state index >= 15 is 0 Å². The number of nitrogens with one attached hydrogen (secondary N) is 1. The van der Waals surface area contributed by atoms with Crippen LogP contribution >= 0.6 is 0 Å². The quantitative estimate of drug-likeness (QED) is 0.774. The molecule has 2 saturated heterocycles. The smallest absolute Gasteiger partial charge is 0.342 e. The molecule has 1 unspecified atom stereocenters. The van der Waals surface area contributed by atoms with Crippen molar-refractivity contribution in [2.75, 3.05) is 39.3 Å². The van der Waals surface area contributed by atoms with E-state index in [1.54, 1.807) is 11.8 Å². The van der Waals surface area contributed by atoms with Crippen molar-refractivity contribution >= 4 is 11.8 Å². The highest BCUT2D eigenvalue weighted by molar-refractivity contribution is 5.81. The molecule has 1 N–H and O–H groups in total. The van der Waals surface area contributed by atoms with E-state index in [-0.39, 0.29) is 19.0 Å². The highest BCUT2D eigenvalue weighted by Gasteiger charge is 2.36. The van der Waals surface area contributed by atoms with Gasteiger partial charge in [-0.2, -0.15) is 13.2 Å². The van der Waals surface area contributed by atoms with Gasteiger partial charge in [-0.25, -0.2) is 0 Å². The third-order valence-corrected chi connectivity index (χ3v) is 5.41. The maximum Gasteiger partial charge on any atom is 0.406 e. The van der Waals surface area contributed by atoms with Gasteiger partial charge in [0, 0.05) is 26.1 Å². The number of amides is 2. The number of hydrogen-bond donors (Lipinski definition) is 1. The maximum atomic E-state index is 12.6. The molecule has 2 aliphatic heterocycles. The number of piperidine rings is 2. The number of nitrogens with zero attached hydrogens (tertiary/aromatic N) is 2. The monoisotopic (exact) mass is 377 g/mol. The van der Waals surface area contributed by atoms with E-state index < -0.39 is 24.5 Å². The van der Waals surface area contributed by atoms with Crippen LogP contribution in [0.3, 0.4) is 0 Å². The molecule has 2 amide bonds. The summed E-state index contributed by atoms with van der Waals surface area (Å²) in [6, 6.07) is 0. The third-order valence-electron chi connectivity index (χ3n) is 5.41. The summed E-state index contributed by atoms with van der Waals surface area (Å²) in [5.74, 6) is -0.417. The molecule has 5 nitrogen and oxygen atoms in total. The number of carbonyl (C=O) groups is 2. The Hall–Kier alpha value is -1.31. The average molecular weight is 377 g/mol. The van der Waals surface area contributed by atoms with Crippen molar-refractivity contribution in [1.29, 1.82) is 0 Å². The summed E-state index contributed by atoms with van der Waals surface area (Å²) in [6.07, 6.45) is 0.292. The molecule has 0 saturated carbocycles. The summed E-state index contributed by atoms with van der Waals surface area (Å²) < 4.78 is 37.9. The lowest BCUT2D eigenvalue weighted by atomic mass is 9.92. The van der Waals surface area contributed by atoms with Gasteiger partial charge < -0.3 is 15.1 Å². The van der Waals surface area contributed by atoms with Gasteiger partial charge in [-0.3, -0.25) is 9.59 Å². The normalized spacial score (nSPS) is 22.3. The molecule has 0 radical (unpaired) electrons. The topological polar surface area (TPSA) is 52.7 Å². The zero-order valence-corrected chi connectivity index (χ0v) is 15.5. The Balaban J connectivity index is 1.84.